The first kappa shape index (κ1) is 22.4. The average molecular weight is 476 g/mol. The maximum absolute atomic E-state index is 12.6. The van der Waals surface area contributed by atoms with Crippen molar-refractivity contribution in [2.45, 2.75) is 0 Å². The summed E-state index contributed by atoms with van der Waals surface area (Å²) in [5.74, 6) is 0.984. The Morgan fingerprint density at radius 2 is 1.55 bits per heavy atom. The molecule has 33 heavy (non-hydrogen) atoms. The number of thiocarbonyl (C=S) groups is 1. The van der Waals surface area contributed by atoms with Gasteiger partial charge in [-0.1, -0.05) is 42.5 Å². The number of methoxy groups -OCH3 is 2. The first-order valence-electron chi connectivity index (χ1n) is 10.0. The Kier molecular flexibility index (Phi) is 6.97. The van der Waals surface area contributed by atoms with Gasteiger partial charge in [0, 0.05) is 16.5 Å². The largest absolute Gasteiger partial charge is 0.493 e. The molecule has 0 fully saturated rings. The summed E-state index contributed by atoms with van der Waals surface area (Å²) in [5, 5.41) is 8.32. The Morgan fingerprint density at radius 1 is 0.879 bits per heavy atom. The number of hydrogen-bond acceptors (Lipinski definition) is 6. The van der Waals surface area contributed by atoms with Gasteiger partial charge < -0.3 is 14.8 Å². The lowest BCUT2D eigenvalue weighted by molar-refractivity contribution is 0.0977. The number of benzene rings is 3. The first-order valence-corrected chi connectivity index (χ1v) is 11.3. The lowest BCUT2D eigenvalue weighted by Gasteiger charge is -2.09. The Bertz CT molecular complexity index is 1270. The second-order valence-corrected chi connectivity index (χ2v) is 8.23. The molecule has 166 valence electrons. The quantitative estimate of drug-likeness (QED) is 0.353. The zero-order valence-corrected chi connectivity index (χ0v) is 19.6. The van der Waals surface area contributed by atoms with Crippen molar-refractivity contribution in [1.82, 2.24) is 10.3 Å². The summed E-state index contributed by atoms with van der Waals surface area (Å²) in [7, 11) is 3.18. The van der Waals surface area contributed by atoms with Gasteiger partial charge in [-0.25, -0.2) is 4.98 Å². The molecular weight excluding hydrogens is 454 g/mol. The lowest BCUT2D eigenvalue weighted by Crippen LogP contribution is -2.34. The molecule has 0 saturated carbocycles. The Hall–Kier alpha value is -3.75. The minimum Gasteiger partial charge on any atom is -0.493 e. The predicted molar refractivity (Wildman–Crippen MR) is 136 cm³/mol. The molecule has 2 N–H and O–H groups in total. The smallest absolute Gasteiger partial charge is 0.257 e. The molecule has 4 aromatic rings. The van der Waals surface area contributed by atoms with Crippen LogP contribution in [-0.4, -0.2) is 30.2 Å². The highest BCUT2D eigenvalue weighted by Gasteiger charge is 2.12. The van der Waals surface area contributed by atoms with Crippen LogP contribution < -0.4 is 20.1 Å². The molecule has 0 atom stereocenters. The van der Waals surface area contributed by atoms with Gasteiger partial charge in [0.05, 0.1) is 19.9 Å². The minimum atomic E-state index is -0.288. The van der Waals surface area contributed by atoms with Gasteiger partial charge in [0.15, 0.2) is 21.7 Å². The number of aromatic nitrogens is 1. The molecule has 3 aromatic carbocycles. The van der Waals surface area contributed by atoms with Crippen LogP contribution in [0.4, 0.5) is 5.13 Å². The summed E-state index contributed by atoms with van der Waals surface area (Å²) in [5.41, 5.74) is 4.29. The average Bonchev–Trinajstić information content (AvgIpc) is 3.32. The second-order valence-electron chi connectivity index (χ2n) is 6.96. The van der Waals surface area contributed by atoms with E-state index in [9.17, 15) is 4.79 Å². The highest BCUT2D eigenvalue weighted by Crippen LogP contribution is 2.33. The number of nitrogens with one attached hydrogen (secondary N) is 2. The molecule has 0 radical (unpaired) electrons. The third kappa shape index (κ3) is 5.36. The molecule has 4 rings (SSSR count). The van der Waals surface area contributed by atoms with Gasteiger partial charge in [0.2, 0.25) is 0 Å². The minimum absolute atomic E-state index is 0.181. The SMILES string of the molecule is COc1ccc(-c2csc(NC(=S)NC(=O)c3ccc(-c4ccccc4)cc3)n2)cc1OC. The number of ether oxygens (including phenoxy) is 2. The highest BCUT2D eigenvalue weighted by molar-refractivity contribution is 7.80. The molecule has 0 aliphatic heterocycles. The molecular formula is C25H21N3O3S2. The molecule has 6 nitrogen and oxygen atoms in total. The van der Waals surface area contributed by atoms with Crippen LogP contribution in [0.25, 0.3) is 22.4 Å². The van der Waals surface area contributed by atoms with Crippen molar-refractivity contribution in [3.8, 4) is 33.9 Å². The van der Waals surface area contributed by atoms with Crippen molar-refractivity contribution < 1.29 is 14.3 Å². The van der Waals surface area contributed by atoms with Crippen molar-refractivity contribution in [2.75, 3.05) is 19.5 Å². The number of thiazole rings is 1. The number of anilines is 1. The van der Waals surface area contributed by atoms with E-state index in [2.05, 4.69) is 15.6 Å². The second kappa shape index (κ2) is 10.2. The van der Waals surface area contributed by atoms with Gasteiger partial charge in [-0.2, -0.15) is 0 Å². The van der Waals surface area contributed by atoms with Crippen molar-refractivity contribution in [3.05, 3.63) is 83.7 Å². The fourth-order valence-electron chi connectivity index (χ4n) is 3.21. The Morgan fingerprint density at radius 3 is 2.24 bits per heavy atom. The predicted octanol–water partition coefficient (Wildman–Crippen LogP) is 5.62. The van der Waals surface area contributed by atoms with Gasteiger partial charge in [0.25, 0.3) is 5.91 Å². The number of nitrogens with zero attached hydrogens (tertiary/aromatic N) is 1. The van der Waals surface area contributed by atoms with Crippen molar-refractivity contribution in [2.24, 2.45) is 0 Å². The molecule has 0 bridgehead atoms. The molecule has 1 amide bonds. The lowest BCUT2D eigenvalue weighted by atomic mass is 10.0. The van der Waals surface area contributed by atoms with E-state index in [1.54, 1.807) is 26.4 Å². The van der Waals surface area contributed by atoms with Crippen LogP contribution in [-0.2, 0) is 0 Å². The highest BCUT2D eigenvalue weighted by atomic mass is 32.1. The fourth-order valence-corrected chi connectivity index (χ4v) is 4.19. The molecule has 1 aromatic heterocycles. The van der Waals surface area contributed by atoms with E-state index in [0.29, 0.717) is 22.2 Å². The summed E-state index contributed by atoms with van der Waals surface area (Å²) in [4.78, 5) is 17.1. The fraction of sp³-hybridized carbons (Fsp3) is 0.0800. The van der Waals surface area contributed by atoms with Crippen LogP contribution in [0, 0.1) is 0 Å². The van der Waals surface area contributed by atoms with Gasteiger partial charge in [-0.3, -0.25) is 10.1 Å². The van der Waals surface area contributed by atoms with Crippen molar-refractivity contribution in [3.63, 3.8) is 0 Å². The summed E-state index contributed by atoms with van der Waals surface area (Å²) in [6.07, 6.45) is 0. The molecule has 0 unspecified atom stereocenters. The Balaban J connectivity index is 1.38. The van der Waals surface area contributed by atoms with E-state index in [1.165, 1.54) is 11.3 Å². The van der Waals surface area contributed by atoms with Gasteiger partial charge in [0.1, 0.15) is 0 Å². The molecule has 0 saturated heterocycles. The summed E-state index contributed by atoms with van der Waals surface area (Å²) >= 11 is 6.69. The van der Waals surface area contributed by atoms with Crippen molar-refractivity contribution in [1.29, 1.82) is 0 Å². The number of hydrogen-bond donors (Lipinski definition) is 2. The van der Waals surface area contributed by atoms with Crippen LogP contribution >= 0.6 is 23.6 Å². The zero-order chi connectivity index (χ0) is 23.2. The number of carbonyl (C=O) groups excluding carboxylic acids is 1. The number of amides is 1. The van der Waals surface area contributed by atoms with Crippen LogP contribution in [0.15, 0.2) is 78.2 Å². The van der Waals surface area contributed by atoms with Crippen LogP contribution in [0.2, 0.25) is 0 Å². The molecule has 1 heterocycles. The molecule has 0 spiro atoms. The number of carbonyl (C=O) groups is 1. The van der Waals surface area contributed by atoms with E-state index < -0.39 is 0 Å². The summed E-state index contributed by atoms with van der Waals surface area (Å²) in [6.45, 7) is 0. The third-order valence-electron chi connectivity index (χ3n) is 4.89. The van der Waals surface area contributed by atoms with Crippen LogP contribution in [0.1, 0.15) is 10.4 Å². The monoisotopic (exact) mass is 475 g/mol. The molecule has 0 aliphatic rings. The normalized spacial score (nSPS) is 10.4. The molecule has 0 aliphatic carbocycles. The first-order chi connectivity index (χ1) is 16.1. The number of rotatable bonds is 6. The summed E-state index contributed by atoms with van der Waals surface area (Å²) in [6, 6.07) is 23.0. The third-order valence-corrected chi connectivity index (χ3v) is 5.85. The van der Waals surface area contributed by atoms with Gasteiger partial charge in [-0.15, -0.1) is 11.3 Å². The van der Waals surface area contributed by atoms with Crippen LogP contribution in [0.5, 0.6) is 11.5 Å². The maximum Gasteiger partial charge on any atom is 0.257 e. The molecule has 8 heteroatoms. The van der Waals surface area contributed by atoms with Gasteiger partial charge in [-0.05, 0) is 53.7 Å². The zero-order valence-electron chi connectivity index (χ0n) is 18.0. The van der Waals surface area contributed by atoms with Gasteiger partial charge >= 0.3 is 0 Å². The topological polar surface area (TPSA) is 72.5 Å². The van der Waals surface area contributed by atoms with E-state index in [0.717, 1.165) is 22.4 Å². The van der Waals surface area contributed by atoms with E-state index in [-0.39, 0.29) is 11.0 Å². The Labute approximate surface area is 201 Å². The van der Waals surface area contributed by atoms with E-state index >= 15 is 0 Å². The van der Waals surface area contributed by atoms with E-state index in [4.69, 9.17) is 21.7 Å². The van der Waals surface area contributed by atoms with Crippen LogP contribution in [0.3, 0.4) is 0 Å². The maximum atomic E-state index is 12.6. The summed E-state index contributed by atoms with van der Waals surface area (Å²) < 4.78 is 10.6. The van der Waals surface area contributed by atoms with Crippen molar-refractivity contribution >= 4 is 39.7 Å². The van der Waals surface area contributed by atoms with E-state index in [1.807, 2.05) is 66.0 Å². The standard InChI is InChI=1S/C25H21N3O3S2/c1-30-21-13-12-19(14-22(21)31-2)20-15-33-25(26-20)28-24(32)27-23(29)18-10-8-17(9-11-18)16-6-4-3-5-7-16/h3-15H,1-2H3,(H2,26,27,28,29,32).